The fourth-order valence-corrected chi connectivity index (χ4v) is 4.03. The summed E-state index contributed by atoms with van der Waals surface area (Å²) in [6.45, 7) is 0. The van der Waals surface area contributed by atoms with Gasteiger partial charge >= 0.3 is 0 Å². The van der Waals surface area contributed by atoms with Crippen molar-refractivity contribution >= 4 is 34.0 Å². The van der Waals surface area contributed by atoms with Crippen LogP contribution in [0.3, 0.4) is 0 Å². The van der Waals surface area contributed by atoms with Gasteiger partial charge in [0, 0.05) is 24.1 Å². The van der Waals surface area contributed by atoms with Gasteiger partial charge in [-0.2, -0.15) is 8.96 Å². The molecule has 2 aromatic carbocycles. The zero-order valence-corrected chi connectivity index (χ0v) is 14.9. The summed E-state index contributed by atoms with van der Waals surface area (Å²) in [5.41, 5.74) is 8.25. The maximum atomic E-state index is 13.1. The van der Waals surface area contributed by atoms with Crippen LogP contribution in [0.5, 0.6) is 0 Å². The van der Waals surface area contributed by atoms with Gasteiger partial charge in [-0.15, -0.1) is 0 Å². The molecule has 0 aliphatic carbocycles. The molecule has 26 heavy (non-hydrogen) atoms. The van der Waals surface area contributed by atoms with Gasteiger partial charge in [0.25, 0.3) is 0 Å². The topological polar surface area (TPSA) is 91.8 Å². The number of nitrogen functional groups attached to an aromatic ring is 1. The van der Waals surface area contributed by atoms with Gasteiger partial charge in [-0.05, 0) is 18.2 Å². The number of anilines is 2. The average molecular weight is 363 g/mol. The minimum absolute atomic E-state index is 0.188. The molecule has 0 bridgehead atoms. The SMILES string of the molecule is CNc1cc(-c2cn([S@@+]([O-])c3ccccc3)c3ccccc23)nc(N)n1. The molecule has 3 N–H and O–H groups in total. The average Bonchev–Trinajstić information content (AvgIpc) is 3.07. The zero-order valence-electron chi connectivity index (χ0n) is 14.1. The molecule has 0 fully saturated rings. The quantitative estimate of drug-likeness (QED) is 0.543. The molecule has 4 rings (SSSR count). The van der Waals surface area contributed by atoms with Crippen LogP contribution >= 0.6 is 0 Å². The molecule has 7 heteroatoms. The highest BCUT2D eigenvalue weighted by Gasteiger charge is 2.21. The van der Waals surface area contributed by atoms with E-state index in [0.717, 1.165) is 21.4 Å². The molecule has 130 valence electrons. The fraction of sp³-hybridized carbons (Fsp3) is 0.0526. The van der Waals surface area contributed by atoms with Crippen LogP contribution in [-0.2, 0) is 11.4 Å². The van der Waals surface area contributed by atoms with E-state index in [-0.39, 0.29) is 5.95 Å². The van der Waals surface area contributed by atoms with E-state index in [0.29, 0.717) is 11.5 Å². The van der Waals surface area contributed by atoms with Crippen molar-refractivity contribution in [3.8, 4) is 11.3 Å². The molecule has 2 aromatic heterocycles. The summed E-state index contributed by atoms with van der Waals surface area (Å²) in [7, 11) is 1.78. The highest BCUT2D eigenvalue weighted by atomic mass is 32.2. The second kappa shape index (κ2) is 6.70. The summed E-state index contributed by atoms with van der Waals surface area (Å²) >= 11 is -1.36. The number of aromatic nitrogens is 3. The monoisotopic (exact) mass is 363 g/mol. The molecule has 0 amide bonds. The number of nitrogens with one attached hydrogen (secondary N) is 1. The minimum Gasteiger partial charge on any atom is -0.587 e. The highest BCUT2D eigenvalue weighted by molar-refractivity contribution is 7.90. The smallest absolute Gasteiger partial charge is 0.222 e. The number of nitrogens with zero attached hydrogens (tertiary/aromatic N) is 3. The fourth-order valence-electron chi connectivity index (χ4n) is 2.87. The third kappa shape index (κ3) is 2.87. The molecular weight excluding hydrogens is 346 g/mol. The van der Waals surface area contributed by atoms with E-state index < -0.39 is 11.4 Å². The summed E-state index contributed by atoms with van der Waals surface area (Å²) in [5.74, 6) is 0.821. The number of benzene rings is 2. The first kappa shape index (κ1) is 16.4. The van der Waals surface area contributed by atoms with E-state index in [1.54, 1.807) is 11.0 Å². The van der Waals surface area contributed by atoms with Gasteiger partial charge in [-0.25, -0.2) is 4.98 Å². The van der Waals surface area contributed by atoms with Gasteiger partial charge in [0.15, 0.2) is 4.90 Å². The first-order chi connectivity index (χ1) is 12.7. The molecule has 0 saturated carbocycles. The Balaban J connectivity index is 1.91. The lowest BCUT2D eigenvalue weighted by Gasteiger charge is -2.10. The first-order valence-corrected chi connectivity index (χ1v) is 9.18. The van der Waals surface area contributed by atoms with Crippen LogP contribution < -0.4 is 11.1 Å². The Labute approximate surface area is 154 Å². The van der Waals surface area contributed by atoms with Crippen LogP contribution in [0.1, 0.15) is 0 Å². The van der Waals surface area contributed by atoms with Crippen LogP contribution in [0.2, 0.25) is 0 Å². The van der Waals surface area contributed by atoms with Crippen LogP contribution in [0.25, 0.3) is 22.2 Å². The van der Waals surface area contributed by atoms with E-state index in [9.17, 15) is 4.55 Å². The van der Waals surface area contributed by atoms with Crippen molar-refractivity contribution in [2.75, 3.05) is 18.1 Å². The van der Waals surface area contributed by atoms with E-state index in [1.807, 2.05) is 66.9 Å². The van der Waals surface area contributed by atoms with Gasteiger partial charge in [-0.3, -0.25) is 0 Å². The molecule has 0 radical (unpaired) electrons. The Morgan fingerprint density at radius 2 is 1.77 bits per heavy atom. The molecule has 0 spiro atoms. The highest BCUT2D eigenvalue weighted by Crippen LogP contribution is 2.33. The third-order valence-electron chi connectivity index (χ3n) is 4.08. The second-order valence-electron chi connectivity index (χ2n) is 5.69. The van der Waals surface area contributed by atoms with Crippen molar-refractivity contribution in [1.29, 1.82) is 0 Å². The van der Waals surface area contributed by atoms with Crippen molar-refractivity contribution in [2.45, 2.75) is 4.90 Å². The van der Waals surface area contributed by atoms with Crippen LogP contribution in [-0.4, -0.2) is 25.5 Å². The van der Waals surface area contributed by atoms with E-state index in [1.165, 1.54) is 0 Å². The first-order valence-electron chi connectivity index (χ1n) is 8.07. The summed E-state index contributed by atoms with van der Waals surface area (Å²) in [6, 6.07) is 19.0. The van der Waals surface area contributed by atoms with Crippen molar-refractivity contribution in [2.24, 2.45) is 0 Å². The lowest BCUT2D eigenvalue weighted by molar-refractivity contribution is 0.588. The number of hydrogen-bond donors (Lipinski definition) is 2. The number of hydrogen-bond acceptors (Lipinski definition) is 5. The summed E-state index contributed by atoms with van der Waals surface area (Å²) in [6.07, 6.45) is 1.86. The number of rotatable bonds is 4. The molecule has 0 aliphatic heterocycles. The Bertz CT molecular complexity index is 1060. The van der Waals surface area contributed by atoms with Crippen LogP contribution in [0.15, 0.2) is 71.8 Å². The molecule has 4 aromatic rings. The summed E-state index contributed by atoms with van der Waals surface area (Å²) < 4.78 is 14.9. The molecular formula is C19H17N5OS. The van der Waals surface area contributed by atoms with Crippen molar-refractivity contribution in [3.05, 3.63) is 66.9 Å². The summed E-state index contributed by atoms with van der Waals surface area (Å²) in [5, 5.41) is 3.94. The van der Waals surface area contributed by atoms with Crippen molar-refractivity contribution in [3.63, 3.8) is 0 Å². The molecule has 6 nitrogen and oxygen atoms in total. The predicted molar refractivity (Wildman–Crippen MR) is 105 cm³/mol. The van der Waals surface area contributed by atoms with Gasteiger partial charge in [0.2, 0.25) is 5.95 Å². The minimum atomic E-state index is -1.36. The number of para-hydroxylation sites is 1. The van der Waals surface area contributed by atoms with E-state index in [4.69, 9.17) is 5.73 Å². The Morgan fingerprint density at radius 1 is 1.04 bits per heavy atom. The predicted octanol–water partition coefficient (Wildman–Crippen LogP) is 3.29. The Hall–Kier alpha value is -3.03. The second-order valence-corrected chi connectivity index (χ2v) is 7.06. The van der Waals surface area contributed by atoms with Gasteiger partial charge in [-0.1, -0.05) is 36.4 Å². The molecule has 0 aliphatic rings. The Morgan fingerprint density at radius 3 is 2.54 bits per heavy atom. The van der Waals surface area contributed by atoms with Crippen molar-refractivity contribution in [1.82, 2.24) is 13.9 Å². The van der Waals surface area contributed by atoms with Crippen molar-refractivity contribution < 1.29 is 4.55 Å². The summed E-state index contributed by atoms with van der Waals surface area (Å²) in [4.78, 5) is 9.23. The largest absolute Gasteiger partial charge is 0.587 e. The molecule has 0 unspecified atom stereocenters. The lowest BCUT2D eigenvalue weighted by Crippen LogP contribution is -2.11. The van der Waals surface area contributed by atoms with Gasteiger partial charge in [0.05, 0.1) is 17.4 Å². The molecule has 2 heterocycles. The van der Waals surface area contributed by atoms with Gasteiger partial charge in [0.1, 0.15) is 17.2 Å². The van der Waals surface area contributed by atoms with Crippen LogP contribution in [0, 0.1) is 0 Å². The van der Waals surface area contributed by atoms with E-state index in [2.05, 4.69) is 15.3 Å². The van der Waals surface area contributed by atoms with Crippen LogP contribution in [0.4, 0.5) is 11.8 Å². The Kier molecular flexibility index (Phi) is 4.24. The maximum absolute atomic E-state index is 13.1. The van der Waals surface area contributed by atoms with Gasteiger partial charge < -0.3 is 15.6 Å². The third-order valence-corrected chi connectivity index (χ3v) is 5.41. The number of fused-ring (bicyclic) bond motifs is 1. The maximum Gasteiger partial charge on any atom is 0.222 e. The molecule has 1 atom stereocenters. The molecule has 0 saturated heterocycles. The lowest BCUT2D eigenvalue weighted by atomic mass is 10.1. The van der Waals surface area contributed by atoms with E-state index >= 15 is 0 Å². The zero-order chi connectivity index (χ0) is 18.1. The normalized spacial score (nSPS) is 12.2. The number of nitrogens with two attached hydrogens (primary N) is 1. The standard InChI is InChI=1S/C19H17N5OS/c1-21-18-11-16(22-19(20)23-18)15-12-24(17-10-6-5-9-14(15)17)26(25)13-7-3-2-4-8-13/h2-12H,1H3,(H3,20,21,22,23)/t26-/m0/s1.